The van der Waals surface area contributed by atoms with Crippen molar-refractivity contribution in [2.75, 3.05) is 13.1 Å². The average Bonchev–Trinajstić information content (AvgIpc) is 3.32. The van der Waals surface area contributed by atoms with Gasteiger partial charge in [0.25, 0.3) is 0 Å². The van der Waals surface area contributed by atoms with Gasteiger partial charge < -0.3 is 4.90 Å². The van der Waals surface area contributed by atoms with Gasteiger partial charge in [0.15, 0.2) is 0 Å². The van der Waals surface area contributed by atoms with Gasteiger partial charge in [0.05, 0.1) is 18.2 Å². The molecule has 0 radical (unpaired) electrons. The van der Waals surface area contributed by atoms with Crippen molar-refractivity contribution in [1.82, 2.24) is 29.0 Å². The minimum Gasteiger partial charge on any atom is -0.342 e. The van der Waals surface area contributed by atoms with Crippen molar-refractivity contribution >= 4 is 22.1 Å². The number of aryl methyl sites for hydroxylation is 3. The van der Waals surface area contributed by atoms with Gasteiger partial charge in [-0.2, -0.15) is 5.10 Å². The molecule has 3 aromatic rings. The summed E-state index contributed by atoms with van der Waals surface area (Å²) in [4.78, 5) is 25.3. The number of likely N-dealkylation sites (tertiary alicyclic amines) is 1. The number of hydrogen-bond donors (Lipinski definition) is 0. The minimum absolute atomic E-state index is 0.0970. The molecule has 0 aromatic carbocycles. The van der Waals surface area contributed by atoms with E-state index in [1.54, 1.807) is 11.3 Å². The van der Waals surface area contributed by atoms with Gasteiger partial charge in [-0.25, -0.2) is 14.6 Å². The lowest BCUT2D eigenvalue weighted by atomic mass is 9.93. The Balaban J connectivity index is 1.39. The molecule has 0 unspecified atom stereocenters. The zero-order valence-corrected chi connectivity index (χ0v) is 17.2. The summed E-state index contributed by atoms with van der Waals surface area (Å²) in [5, 5.41) is 6.49. The Morgan fingerprint density at radius 3 is 2.63 bits per heavy atom. The highest BCUT2D eigenvalue weighted by Crippen LogP contribution is 2.33. The first kappa shape index (κ1) is 18.2. The quantitative estimate of drug-likeness (QED) is 0.691. The van der Waals surface area contributed by atoms with Gasteiger partial charge in [-0.05, 0) is 33.6 Å². The molecular formula is C19H26N6OS. The van der Waals surface area contributed by atoms with Crippen LogP contribution in [0.5, 0.6) is 0 Å². The Kier molecular flexibility index (Phi) is 4.75. The SMILES string of the molecule is Cc1nc(C)n(C[C@@H](C)C(=O)N2CCC(c3nc(C)n4ccsc34)CC2)n1. The number of rotatable bonds is 4. The van der Waals surface area contributed by atoms with Crippen LogP contribution in [-0.4, -0.2) is 48.0 Å². The van der Waals surface area contributed by atoms with Crippen LogP contribution in [0, 0.1) is 26.7 Å². The van der Waals surface area contributed by atoms with Gasteiger partial charge in [-0.3, -0.25) is 9.20 Å². The van der Waals surface area contributed by atoms with Gasteiger partial charge in [0.1, 0.15) is 22.3 Å². The molecule has 7 nitrogen and oxygen atoms in total. The molecule has 1 saturated heterocycles. The second-order valence-corrected chi connectivity index (χ2v) is 8.41. The van der Waals surface area contributed by atoms with Gasteiger partial charge >= 0.3 is 0 Å². The Bertz CT molecular complexity index is 962. The molecule has 27 heavy (non-hydrogen) atoms. The number of thiazole rings is 1. The summed E-state index contributed by atoms with van der Waals surface area (Å²) < 4.78 is 4.01. The van der Waals surface area contributed by atoms with Crippen molar-refractivity contribution in [2.24, 2.45) is 5.92 Å². The minimum atomic E-state index is -0.0970. The molecule has 0 saturated carbocycles. The average molecular weight is 387 g/mol. The zero-order valence-electron chi connectivity index (χ0n) is 16.3. The number of amides is 1. The maximum Gasteiger partial charge on any atom is 0.227 e. The largest absolute Gasteiger partial charge is 0.342 e. The molecule has 144 valence electrons. The van der Waals surface area contributed by atoms with E-state index in [9.17, 15) is 4.79 Å². The third-order valence-electron chi connectivity index (χ3n) is 5.48. The second kappa shape index (κ2) is 7.07. The van der Waals surface area contributed by atoms with Crippen LogP contribution in [0.1, 0.15) is 48.9 Å². The van der Waals surface area contributed by atoms with Crippen LogP contribution in [0.4, 0.5) is 0 Å². The normalized spacial score (nSPS) is 17.0. The van der Waals surface area contributed by atoms with Crippen molar-refractivity contribution in [1.29, 1.82) is 0 Å². The van der Waals surface area contributed by atoms with Crippen LogP contribution in [0.25, 0.3) is 4.83 Å². The predicted octanol–water partition coefficient (Wildman–Crippen LogP) is 2.95. The molecule has 1 fully saturated rings. The lowest BCUT2D eigenvalue weighted by Crippen LogP contribution is -2.41. The predicted molar refractivity (Wildman–Crippen MR) is 105 cm³/mol. The van der Waals surface area contributed by atoms with E-state index in [0.717, 1.165) is 43.4 Å². The van der Waals surface area contributed by atoms with E-state index in [0.29, 0.717) is 12.5 Å². The Morgan fingerprint density at radius 1 is 1.22 bits per heavy atom. The first-order valence-electron chi connectivity index (χ1n) is 9.53. The van der Waals surface area contributed by atoms with E-state index in [1.165, 1.54) is 10.5 Å². The highest BCUT2D eigenvalue weighted by Gasteiger charge is 2.29. The third-order valence-corrected chi connectivity index (χ3v) is 6.37. The molecule has 0 aliphatic carbocycles. The van der Waals surface area contributed by atoms with Crippen molar-refractivity contribution in [3.8, 4) is 0 Å². The Labute approximate surface area is 163 Å². The lowest BCUT2D eigenvalue weighted by Gasteiger charge is -2.33. The maximum atomic E-state index is 12.9. The molecule has 0 spiro atoms. The van der Waals surface area contributed by atoms with E-state index in [1.807, 2.05) is 30.4 Å². The van der Waals surface area contributed by atoms with Crippen molar-refractivity contribution in [3.63, 3.8) is 0 Å². The molecule has 0 bridgehead atoms. The van der Waals surface area contributed by atoms with Gasteiger partial charge in [0.2, 0.25) is 5.91 Å². The highest BCUT2D eigenvalue weighted by atomic mass is 32.1. The third kappa shape index (κ3) is 3.38. The van der Waals surface area contributed by atoms with Crippen LogP contribution in [0.3, 0.4) is 0 Å². The zero-order chi connectivity index (χ0) is 19.1. The summed E-state index contributed by atoms with van der Waals surface area (Å²) in [6.07, 6.45) is 4.04. The number of imidazole rings is 1. The number of piperidine rings is 1. The molecule has 1 aliphatic rings. The summed E-state index contributed by atoms with van der Waals surface area (Å²) in [6.45, 7) is 10.0. The Morgan fingerprint density at radius 2 is 1.96 bits per heavy atom. The van der Waals surface area contributed by atoms with E-state index in [4.69, 9.17) is 4.98 Å². The van der Waals surface area contributed by atoms with E-state index >= 15 is 0 Å². The van der Waals surface area contributed by atoms with Crippen LogP contribution in [-0.2, 0) is 11.3 Å². The van der Waals surface area contributed by atoms with Crippen LogP contribution in [0.2, 0.25) is 0 Å². The second-order valence-electron chi connectivity index (χ2n) is 7.51. The number of hydrogen-bond acceptors (Lipinski definition) is 5. The van der Waals surface area contributed by atoms with E-state index in [2.05, 4.69) is 33.0 Å². The summed E-state index contributed by atoms with van der Waals surface area (Å²) in [5.74, 6) is 3.21. The summed E-state index contributed by atoms with van der Waals surface area (Å²) >= 11 is 1.75. The lowest BCUT2D eigenvalue weighted by molar-refractivity contribution is -0.136. The fourth-order valence-electron chi connectivity index (χ4n) is 4.02. The highest BCUT2D eigenvalue weighted by molar-refractivity contribution is 7.15. The van der Waals surface area contributed by atoms with Crippen LogP contribution in [0.15, 0.2) is 11.6 Å². The topological polar surface area (TPSA) is 68.3 Å². The van der Waals surface area contributed by atoms with E-state index < -0.39 is 0 Å². The first-order chi connectivity index (χ1) is 12.9. The summed E-state index contributed by atoms with van der Waals surface area (Å²) in [5.41, 5.74) is 1.20. The number of fused-ring (bicyclic) bond motifs is 1. The number of carbonyl (C=O) groups excluding carboxylic acids is 1. The number of carbonyl (C=O) groups is 1. The fraction of sp³-hybridized carbons (Fsp3) is 0.579. The first-order valence-corrected chi connectivity index (χ1v) is 10.4. The molecule has 4 rings (SSSR count). The van der Waals surface area contributed by atoms with E-state index in [-0.39, 0.29) is 11.8 Å². The molecule has 4 heterocycles. The smallest absolute Gasteiger partial charge is 0.227 e. The van der Waals surface area contributed by atoms with Gasteiger partial charge in [0, 0.05) is 30.6 Å². The van der Waals surface area contributed by atoms with Crippen molar-refractivity contribution in [2.45, 2.75) is 53.0 Å². The molecule has 0 N–H and O–H groups in total. The standard InChI is InChI=1S/C19H26N6OS/c1-12(11-25-15(4)20-13(2)22-25)18(26)23-7-5-16(6-8-23)17-19-24(9-10-27-19)14(3)21-17/h9-10,12,16H,5-8,11H2,1-4H3/t12-/m1/s1. The maximum absolute atomic E-state index is 12.9. The Hall–Kier alpha value is -2.22. The molecule has 8 heteroatoms. The van der Waals surface area contributed by atoms with Crippen LogP contribution < -0.4 is 0 Å². The monoisotopic (exact) mass is 386 g/mol. The molecular weight excluding hydrogens is 360 g/mol. The molecule has 3 aromatic heterocycles. The van der Waals surface area contributed by atoms with Crippen molar-refractivity contribution in [3.05, 3.63) is 34.7 Å². The molecule has 1 amide bonds. The molecule has 1 aliphatic heterocycles. The molecule has 1 atom stereocenters. The number of nitrogens with zero attached hydrogens (tertiary/aromatic N) is 6. The van der Waals surface area contributed by atoms with Gasteiger partial charge in [-0.1, -0.05) is 6.92 Å². The summed E-state index contributed by atoms with van der Waals surface area (Å²) in [6, 6.07) is 0. The number of aromatic nitrogens is 5. The van der Waals surface area contributed by atoms with Gasteiger partial charge in [-0.15, -0.1) is 11.3 Å². The van der Waals surface area contributed by atoms with Crippen LogP contribution >= 0.6 is 11.3 Å². The summed E-state index contributed by atoms with van der Waals surface area (Å²) in [7, 11) is 0. The van der Waals surface area contributed by atoms with Crippen molar-refractivity contribution < 1.29 is 4.79 Å². The fourth-order valence-corrected chi connectivity index (χ4v) is 4.97.